The molecule has 0 aromatic carbocycles. The Hall–Kier alpha value is -1.96. The van der Waals surface area contributed by atoms with Gasteiger partial charge in [-0.2, -0.15) is 0 Å². The Bertz CT molecular complexity index is 470. The minimum absolute atomic E-state index is 0.0496. The highest BCUT2D eigenvalue weighted by Gasteiger charge is 2.20. The molecule has 0 aliphatic heterocycles. The Morgan fingerprint density at radius 2 is 2.15 bits per heavy atom. The molecule has 1 aromatic rings. The summed E-state index contributed by atoms with van der Waals surface area (Å²) in [5.41, 5.74) is 0.248. The fraction of sp³-hybridized carbons (Fsp3) is 0.667. The highest BCUT2D eigenvalue weighted by molar-refractivity contribution is 5.86. The lowest BCUT2D eigenvalue weighted by Gasteiger charge is -2.09. The number of hydrogen-bond donors (Lipinski definition) is 2. The van der Waals surface area contributed by atoms with E-state index in [0.29, 0.717) is 31.2 Å². The van der Waals surface area contributed by atoms with Crippen LogP contribution in [0.5, 0.6) is 0 Å². The molecule has 0 spiro atoms. The Morgan fingerprint density at radius 3 is 2.70 bits per heavy atom. The zero-order valence-electron chi connectivity index (χ0n) is 11.9. The first-order valence-electron chi connectivity index (χ1n) is 6.37. The number of aromatic carboxylic acids is 1. The predicted molar refractivity (Wildman–Crippen MR) is 70.4 cm³/mol. The van der Waals surface area contributed by atoms with Crippen molar-refractivity contribution in [3.05, 3.63) is 11.4 Å². The summed E-state index contributed by atoms with van der Waals surface area (Å²) in [7, 11) is 1.52. The summed E-state index contributed by atoms with van der Waals surface area (Å²) in [6.45, 7) is 4.82. The van der Waals surface area contributed by atoms with Crippen molar-refractivity contribution in [2.75, 3.05) is 20.3 Å². The van der Waals surface area contributed by atoms with E-state index >= 15 is 0 Å². The van der Waals surface area contributed by atoms with Gasteiger partial charge in [-0.05, 0) is 5.92 Å². The topological polar surface area (TPSA) is 106 Å². The number of methoxy groups -OCH3 is 1. The van der Waals surface area contributed by atoms with Gasteiger partial charge in [0.15, 0.2) is 5.69 Å². The number of carbonyl (C=O) groups is 2. The van der Waals surface area contributed by atoms with E-state index in [4.69, 9.17) is 9.84 Å². The van der Waals surface area contributed by atoms with E-state index in [1.807, 2.05) is 13.8 Å². The van der Waals surface area contributed by atoms with Crippen molar-refractivity contribution in [1.82, 2.24) is 20.3 Å². The van der Waals surface area contributed by atoms with Gasteiger partial charge in [-0.15, -0.1) is 5.10 Å². The van der Waals surface area contributed by atoms with E-state index in [1.54, 1.807) is 0 Å². The minimum atomic E-state index is -1.16. The largest absolute Gasteiger partial charge is 0.476 e. The summed E-state index contributed by atoms with van der Waals surface area (Å²) in [6.07, 6.45) is 0.336. The second kappa shape index (κ2) is 7.59. The van der Waals surface area contributed by atoms with Crippen molar-refractivity contribution in [3.8, 4) is 0 Å². The first-order chi connectivity index (χ1) is 9.45. The SMILES string of the molecule is COCCc1c(C(=O)O)nnn1CC(=O)NCC(C)C. The number of carboxylic acid groups (broad SMARTS) is 1. The van der Waals surface area contributed by atoms with Gasteiger partial charge < -0.3 is 15.2 Å². The maximum absolute atomic E-state index is 11.7. The van der Waals surface area contributed by atoms with Gasteiger partial charge in [0, 0.05) is 20.1 Å². The molecule has 1 rings (SSSR count). The maximum Gasteiger partial charge on any atom is 0.358 e. The molecule has 2 N–H and O–H groups in total. The first-order valence-corrected chi connectivity index (χ1v) is 6.37. The van der Waals surface area contributed by atoms with Crippen LogP contribution in [0.3, 0.4) is 0 Å². The number of nitrogens with zero attached hydrogens (tertiary/aromatic N) is 3. The van der Waals surface area contributed by atoms with Crippen LogP contribution in [0.2, 0.25) is 0 Å². The minimum Gasteiger partial charge on any atom is -0.476 e. The van der Waals surface area contributed by atoms with Crippen LogP contribution in [-0.2, 0) is 22.5 Å². The van der Waals surface area contributed by atoms with Gasteiger partial charge >= 0.3 is 5.97 Å². The molecule has 0 saturated carbocycles. The Kier molecular flexibility index (Phi) is 6.10. The van der Waals surface area contributed by atoms with Gasteiger partial charge in [0.25, 0.3) is 0 Å². The third-order valence-electron chi connectivity index (χ3n) is 2.58. The van der Waals surface area contributed by atoms with Gasteiger partial charge in [0.05, 0.1) is 12.3 Å². The summed E-state index contributed by atoms with van der Waals surface area (Å²) in [6, 6.07) is 0. The van der Waals surface area contributed by atoms with Gasteiger partial charge in [-0.1, -0.05) is 19.1 Å². The highest BCUT2D eigenvalue weighted by atomic mass is 16.5. The van der Waals surface area contributed by atoms with Gasteiger partial charge in [-0.3, -0.25) is 4.79 Å². The molecule has 0 atom stereocenters. The molecule has 0 fully saturated rings. The lowest BCUT2D eigenvalue weighted by atomic mass is 10.2. The first kappa shape index (κ1) is 16.1. The molecule has 20 heavy (non-hydrogen) atoms. The lowest BCUT2D eigenvalue weighted by molar-refractivity contribution is -0.122. The normalized spacial score (nSPS) is 10.8. The molecular weight excluding hydrogens is 264 g/mol. The monoisotopic (exact) mass is 284 g/mol. The average Bonchev–Trinajstić information content (AvgIpc) is 2.77. The van der Waals surface area contributed by atoms with E-state index in [0.717, 1.165) is 0 Å². The molecule has 0 saturated heterocycles. The molecular formula is C12H20N4O4. The number of carbonyl (C=O) groups excluding carboxylic acids is 1. The summed E-state index contributed by atoms with van der Waals surface area (Å²) in [4.78, 5) is 22.8. The second-order valence-electron chi connectivity index (χ2n) is 4.79. The molecule has 0 bridgehead atoms. The zero-order valence-corrected chi connectivity index (χ0v) is 11.9. The van der Waals surface area contributed by atoms with E-state index in [-0.39, 0.29) is 18.1 Å². The Labute approximate surface area is 117 Å². The number of nitrogens with one attached hydrogen (secondary N) is 1. The van der Waals surface area contributed by atoms with Crippen molar-refractivity contribution < 1.29 is 19.4 Å². The van der Waals surface area contributed by atoms with Crippen LogP contribution >= 0.6 is 0 Å². The van der Waals surface area contributed by atoms with Crippen LogP contribution < -0.4 is 5.32 Å². The summed E-state index contributed by atoms with van der Waals surface area (Å²) in [5.74, 6) is -1.04. The van der Waals surface area contributed by atoms with Crippen LogP contribution in [0.4, 0.5) is 0 Å². The molecule has 0 aliphatic carbocycles. The Morgan fingerprint density at radius 1 is 1.45 bits per heavy atom. The fourth-order valence-corrected chi connectivity index (χ4v) is 1.58. The van der Waals surface area contributed by atoms with Crippen LogP contribution in [0.1, 0.15) is 30.0 Å². The smallest absolute Gasteiger partial charge is 0.358 e. The zero-order chi connectivity index (χ0) is 15.1. The van der Waals surface area contributed by atoms with Gasteiger partial charge in [0.2, 0.25) is 5.91 Å². The number of aromatic nitrogens is 3. The highest BCUT2D eigenvalue weighted by Crippen LogP contribution is 2.07. The summed E-state index contributed by atoms with van der Waals surface area (Å²) in [5, 5.41) is 19.1. The summed E-state index contributed by atoms with van der Waals surface area (Å²) < 4.78 is 6.23. The van der Waals surface area contributed by atoms with Crippen LogP contribution in [-0.4, -0.2) is 52.2 Å². The van der Waals surface area contributed by atoms with Crippen molar-refractivity contribution >= 4 is 11.9 Å². The summed E-state index contributed by atoms with van der Waals surface area (Å²) >= 11 is 0. The number of rotatable bonds is 8. The molecule has 0 radical (unpaired) electrons. The molecule has 8 nitrogen and oxygen atoms in total. The van der Waals surface area contributed by atoms with Gasteiger partial charge in [-0.25, -0.2) is 9.48 Å². The van der Waals surface area contributed by atoms with Crippen molar-refractivity contribution in [1.29, 1.82) is 0 Å². The molecule has 1 aromatic heterocycles. The number of carboxylic acids is 1. The Balaban J connectivity index is 2.78. The number of amides is 1. The molecule has 1 amide bonds. The number of hydrogen-bond acceptors (Lipinski definition) is 5. The standard InChI is InChI=1S/C12H20N4O4/c1-8(2)6-13-10(17)7-16-9(4-5-20-3)11(12(18)19)14-15-16/h8H,4-7H2,1-3H3,(H,13,17)(H,18,19). The molecule has 1 heterocycles. The fourth-order valence-electron chi connectivity index (χ4n) is 1.58. The van der Waals surface area contributed by atoms with Crippen LogP contribution in [0, 0.1) is 5.92 Å². The molecule has 0 unspecified atom stereocenters. The third kappa shape index (κ3) is 4.61. The second-order valence-corrected chi connectivity index (χ2v) is 4.79. The van der Waals surface area contributed by atoms with Crippen molar-refractivity contribution in [3.63, 3.8) is 0 Å². The predicted octanol–water partition coefficient (Wildman–Crippen LogP) is -0.0626. The molecule has 8 heteroatoms. The van der Waals surface area contributed by atoms with E-state index in [1.165, 1.54) is 11.8 Å². The van der Waals surface area contributed by atoms with Crippen molar-refractivity contribution in [2.24, 2.45) is 5.92 Å². The molecule has 0 aliphatic rings. The average molecular weight is 284 g/mol. The van der Waals surface area contributed by atoms with E-state index in [2.05, 4.69) is 15.6 Å². The third-order valence-corrected chi connectivity index (χ3v) is 2.58. The maximum atomic E-state index is 11.7. The van der Waals surface area contributed by atoms with Crippen LogP contribution in [0.25, 0.3) is 0 Å². The van der Waals surface area contributed by atoms with Crippen LogP contribution in [0.15, 0.2) is 0 Å². The van der Waals surface area contributed by atoms with Gasteiger partial charge in [0.1, 0.15) is 6.54 Å². The van der Waals surface area contributed by atoms with E-state index in [9.17, 15) is 9.59 Å². The quantitative estimate of drug-likeness (QED) is 0.692. The van der Waals surface area contributed by atoms with Crippen molar-refractivity contribution in [2.45, 2.75) is 26.8 Å². The lowest BCUT2D eigenvalue weighted by Crippen LogP contribution is -2.31. The van der Waals surface area contributed by atoms with E-state index < -0.39 is 5.97 Å². The number of ether oxygens (including phenoxy) is 1. The molecule has 112 valence electrons.